The quantitative estimate of drug-likeness (QED) is 0.737. The first-order chi connectivity index (χ1) is 9.49. The topological polar surface area (TPSA) is 113 Å². The van der Waals surface area contributed by atoms with Crippen molar-refractivity contribution < 1.29 is 19.5 Å². The second-order valence-electron chi connectivity index (χ2n) is 4.55. The molecule has 20 heavy (non-hydrogen) atoms. The van der Waals surface area contributed by atoms with E-state index >= 15 is 0 Å². The zero-order chi connectivity index (χ0) is 14.7. The van der Waals surface area contributed by atoms with Crippen LogP contribution in [0.25, 0.3) is 0 Å². The number of carbonyl (C=O) groups is 3. The Morgan fingerprint density at radius 1 is 1.35 bits per heavy atom. The number of primary amides is 1. The first-order valence-electron chi connectivity index (χ1n) is 6.18. The Kier molecular flexibility index (Phi) is 3.88. The maximum absolute atomic E-state index is 11.6. The Balaban J connectivity index is 2.25. The number of benzene rings is 1. The van der Waals surface area contributed by atoms with Crippen LogP contribution in [-0.4, -0.2) is 36.1 Å². The van der Waals surface area contributed by atoms with Crippen LogP contribution in [0.2, 0.25) is 0 Å². The fourth-order valence-electron chi connectivity index (χ4n) is 2.42. The maximum Gasteiger partial charge on any atom is 0.336 e. The Morgan fingerprint density at radius 2 is 2.10 bits per heavy atom. The molecule has 2 rings (SSSR count). The summed E-state index contributed by atoms with van der Waals surface area (Å²) in [4.78, 5) is 35.2. The minimum Gasteiger partial charge on any atom is -0.478 e. The van der Waals surface area contributed by atoms with Crippen LogP contribution < -0.4 is 16.0 Å². The fraction of sp³-hybridized carbons (Fsp3) is 0.308. The van der Waals surface area contributed by atoms with Crippen LogP contribution in [0.15, 0.2) is 18.2 Å². The van der Waals surface area contributed by atoms with Gasteiger partial charge in [0, 0.05) is 12.2 Å². The van der Waals surface area contributed by atoms with Gasteiger partial charge in [-0.25, -0.2) is 9.59 Å². The van der Waals surface area contributed by atoms with Gasteiger partial charge in [0.25, 0.3) is 0 Å². The Morgan fingerprint density at radius 3 is 2.75 bits per heavy atom. The number of nitrogens with two attached hydrogens (primary N) is 1. The third kappa shape index (κ3) is 2.87. The largest absolute Gasteiger partial charge is 0.478 e. The summed E-state index contributed by atoms with van der Waals surface area (Å²) in [5, 5.41) is 11.2. The van der Waals surface area contributed by atoms with Gasteiger partial charge in [0.2, 0.25) is 5.91 Å². The molecule has 0 atom stereocenters. The van der Waals surface area contributed by atoms with Crippen molar-refractivity contribution in [2.45, 2.75) is 12.8 Å². The van der Waals surface area contributed by atoms with E-state index in [1.165, 1.54) is 0 Å². The summed E-state index contributed by atoms with van der Waals surface area (Å²) in [6.45, 7) is 0.598. The highest BCUT2D eigenvalue weighted by Crippen LogP contribution is 2.29. The molecule has 7 heteroatoms. The van der Waals surface area contributed by atoms with Crippen LogP contribution in [0.4, 0.5) is 10.5 Å². The molecular weight excluding hydrogens is 262 g/mol. The monoisotopic (exact) mass is 277 g/mol. The second kappa shape index (κ2) is 5.60. The molecule has 0 saturated heterocycles. The Hall–Kier alpha value is -2.57. The minimum absolute atomic E-state index is 0.0288. The molecule has 0 bridgehead atoms. The predicted molar refractivity (Wildman–Crippen MR) is 71.7 cm³/mol. The first kappa shape index (κ1) is 13.9. The number of carboxylic acid groups (broad SMARTS) is 1. The molecule has 1 heterocycles. The SMILES string of the molecule is NC(=O)NC(=O)CN1CCCc2c(C(=O)O)cccc21. The zero-order valence-corrected chi connectivity index (χ0v) is 10.8. The van der Waals surface area contributed by atoms with Gasteiger partial charge in [-0.2, -0.15) is 0 Å². The van der Waals surface area contributed by atoms with Gasteiger partial charge in [-0.1, -0.05) is 6.07 Å². The summed E-state index contributed by atoms with van der Waals surface area (Å²) in [6, 6.07) is 4.07. The third-order valence-electron chi connectivity index (χ3n) is 3.17. The lowest BCUT2D eigenvalue weighted by molar-refractivity contribution is -0.118. The molecule has 0 fully saturated rings. The molecule has 7 nitrogen and oxygen atoms in total. The van der Waals surface area contributed by atoms with Crippen molar-refractivity contribution in [1.29, 1.82) is 0 Å². The van der Waals surface area contributed by atoms with Crippen LogP contribution in [0.5, 0.6) is 0 Å². The highest BCUT2D eigenvalue weighted by Gasteiger charge is 2.23. The van der Waals surface area contributed by atoms with Crippen LogP contribution in [0.1, 0.15) is 22.3 Å². The van der Waals surface area contributed by atoms with Gasteiger partial charge in [0.15, 0.2) is 0 Å². The van der Waals surface area contributed by atoms with Crippen molar-refractivity contribution in [2.24, 2.45) is 5.73 Å². The van der Waals surface area contributed by atoms with Crippen molar-refractivity contribution in [3.05, 3.63) is 29.3 Å². The average molecular weight is 277 g/mol. The summed E-state index contributed by atoms with van der Waals surface area (Å²) < 4.78 is 0. The maximum atomic E-state index is 11.6. The van der Waals surface area contributed by atoms with Gasteiger partial charge in [-0.05, 0) is 30.5 Å². The molecule has 0 radical (unpaired) electrons. The van der Waals surface area contributed by atoms with Gasteiger partial charge in [0.05, 0.1) is 12.1 Å². The number of amides is 3. The van der Waals surface area contributed by atoms with Gasteiger partial charge in [0.1, 0.15) is 0 Å². The van der Waals surface area contributed by atoms with Crippen LogP contribution in [0, 0.1) is 0 Å². The fourth-order valence-corrected chi connectivity index (χ4v) is 2.42. The molecule has 1 aliphatic heterocycles. The summed E-state index contributed by atoms with van der Waals surface area (Å²) >= 11 is 0. The highest BCUT2D eigenvalue weighted by atomic mass is 16.4. The predicted octanol–water partition coefficient (Wildman–Crippen LogP) is 0.332. The van der Waals surface area contributed by atoms with E-state index in [1.54, 1.807) is 23.1 Å². The molecule has 0 aromatic heterocycles. The summed E-state index contributed by atoms with van der Waals surface area (Å²) in [6.07, 6.45) is 1.41. The molecule has 0 saturated carbocycles. The zero-order valence-electron chi connectivity index (χ0n) is 10.8. The van der Waals surface area contributed by atoms with E-state index in [-0.39, 0.29) is 12.1 Å². The summed E-state index contributed by atoms with van der Waals surface area (Å²) in [5.41, 5.74) is 6.58. The molecular formula is C13H15N3O4. The van der Waals surface area contributed by atoms with Crippen LogP contribution >= 0.6 is 0 Å². The van der Waals surface area contributed by atoms with E-state index in [1.807, 2.05) is 5.32 Å². The van der Waals surface area contributed by atoms with Crippen molar-refractivity contribution in [3.63, 3.8) is 0 Å². The number of hydrogen-bond donors (Lipinski definition) is 3. The number of carbonyl (C=O) groups excluding carboxylic acids is 2. The number of carboxylic acids is 1. The summed E-state index contributed by atoms with van der Waals surface area (Å²) in [7, 11) is 0. The number of aromatic carboxylic acids is 1. The Labute approximate surface area is 115 Å². The number of nitrogens with one attached hydrogen (secondary N) is 1. The van der Waals surface area contributed by atoms with Crippen molar-refractivity contribution in [3.8, 4) is 0 Å². The number of fused-ring (bicyclic) bond motifs is 1. The van der Waals surface area contributed by atoms with E-state index in [4.69, 9.17) is 10.8 Å². The van der Waals surface area contributed by atoms with Gasteiger partial charge < -0.3 is 15.7 Å². The first-order valence-corrected chi connectivity index (χ1v) is 6.18. The number of imide groups is 1. The molecule has 0 aliphatic carbocycles. The number of anilines is 1. The molecule has 4 N–H and O–H groups in total. The number of hydrogen-bond acceptors (Lipinski definition) is 4. The Bertz CT molecular complexity index is 571. The van der Waals surface area contributed by atoms with Crippen LogP contribution in [-0.2, 0) is 11.2 Å². The van der Waals surface area contributed by atoms with Gasteiger partial charge in [-0.15, -0.1) is 0 Å². The van der Waals surface area contributed by atoms with E-state index < -0.39 is 17.9 Å². The van der Waals surface area contributed by atoms with Crippen molar-refractivity contribution in [2.75, 3.05) is 18.0 Å². The molecule has 0 spiro atoms. The standard InChI is InChI=1S/C13H15N3O4/c14-13(20)15-11(17)7-16-6-2-4-8-9(12(18)19)3-1-5-10(8)16/h1,3,5H,2,4,6-7H2,(H,18,19)(H3,14,15,17,20). The van der Waals surface area contributed by atoms with Crippen molar-refractivity contribution in [1.82, 2.24) is 5.32 Å². The van der Waals surface area contributed by atoms with E-state index in [2.05, 4.69) is 0 Å². The molecule has 3 amide bonds. The van der Waals surface area contributed by atoms with E-state index in [0.29, 0.717) is 13.0 Å². The number of nitrogens with zero attached hydrogens (tertiary/aromatic N) is 1. The lowest BCUT2D eigenvalue weighted by atomic mass is 9.96. The number of urea groups is 1. The van der Waals surface area contributed by atoms with E-state index in [0.717, 1.165) is 17.7 Å². The molecule has 0 unspecified atom stereocenters. The lowest BCUT2D eigenvalue weighted by Crippen LogP contribution is -2.44. The van der Waals surface area contributed by atoms with Crippen LogP contribution in [0.3, 0.4) is 0 Å². The van der Waals surface area contributed by atoms with Gasteiger partial charge >= 0.3 is 12.0 Å². The second-order valence-corrected chi connectivity index (χ2v) is 4.55. The molecule has 1 aromatic carbocycles. The molecule has 1 aromatic rings. The van der Waals surface area contributed by atoms with Gasteiger partial charge in [-0.3, -0.25) is 10.1 Å². The normalized spacial score (nSPS) is 13.5. The average Bonchev–Trinajstić information content (AvgIpc) is 2.37. The highest BCUT2D eigenvalue weighted by molar-refractivity contribution is 5.96. The molecule has 1 aliphatic rings. The minimum atomic E-state index is -0.981. The number of rotatable bonds is 3. The lowest BCUT2D eigenvalue weighted by Gasteiger charge is -2.31. The van der Waals surface area contributed by atoms with E-state index in [9.17, 15) is 14.4 Å². The third-order valence-corrected chi connectivity index (χ3v) is 3.17. The molecule has 106 valence electrons. The summed E-state index contributed by atoms with van der Waals surface area (Å²) in [5.74, 6) is -1.49. The smallest absolute Gasteiger partial charge is 0.336 e. The van der Waals surface area contributed by atoms with Crippen molar-refractivity contribution >= 4 is 23.6 Å².